The van der Waals surface area contributed by atoms with E-state index < -0.39 is 0 Å². The predicted octanol–water partition coefficient (Wildman–Crippen LogP) is 2.09. The van der Waals surface area contributed by atoms with Crippen LogP contribution in [0, 0.1) is 5.92 Å². The normalized spacial score (nSPS) is 26.2. The Morgan fingerprint density at radius 1 is 1.43 bits per heavy atom. The fraction of sp³-hybridized carbons (Fsp3) is 0.533. The summed E-state index contributed by atoms with van der Waals surface area (Å²) in [6.07, 6.45) is 4.00. The van der Waals surface area contributed by atoms with E-state index in [1.165, 1.54) is 12.8 Å². The van der Waals surface area contributed by atoms with Crippen molar-refractivity contribution in [2.45, 2.75) is 38.0 Å². The molecule has 2 unspecified atom stereocenters. The summed E-state index contributed by atoms with van der Waals surface area (Å²) in [5.74, 6) is 0.804. The number of hydrogen-bond donors (Lipinski definition) is 3. The third kappa shape index (κ3) is 3.31. The molecule has 0 amide bonds. The molecule has 21 heavy (non-hydrogen) atoms. The molecule has 1 aliphatic carbocycles. The summed E-state index contributed by atoms with van der Waals surface area (Å²) >= 11 is 6.26. The highest BCUT2D eigenvalue weighted by Crippen LogP contribution is 2.38. The quantitative estimate of drug-likeness (QED) is 0.337. The number of nitrogens with zero attached hydrogens (tertiary/aromatic N) is 1. The minimum Gasteiger partial charge on any atom is -0.409 e. The number of hydrogen-bond acceptors (Lipinski definition) is 4. The molecule has 0 spiro atoms. The van der Waals surface area contributed by atoms with Crippen molar-refractivity contribution in [3.63, 3.8) is 0 Å². The number of nitrogens with one attached hydrogen (secondary N) is 1. The summed E-state index contributed by atoms with van der Waals surface area (Å²) in [6, 6.07) is 5.85. The zero-order chi connectivity index (χ0) is 14.8. The second-order valence-electron chi connectivity index (χ2n) is 5.74. The average molecular weight is 310 g/mol. The van der Waals surface area contributed by atoms with E-state index in [9.17, 15) is 0 Å². The van der Waals surface area contributed by atoms with Gasteiger partial charge < -0.3 is 21.0 Å². The van der Waals surface area contributed by atoms with Crippen molar-refractivity contribution in [3.8, 4) is 0 Å². The van der Waals surface area contributed by atoms with Gasteiger partial charge in [0, 0.05) is 29.8 Å². The van der Waals surface area contributed by atoms with E-state index in [-0.39, 0.29) is 5.84 Å². The van der Waals surface area contributed by atoms with Crippen LogP contribution < -0.4 is 11.1 Å². The fourth-order valence-electron chi connectivity index (χ4n) is 2.87. The van der Waals surface area contributed by atoms with Gasteiger partial charge in [0.15, 0.2) is 5.84 Å². The van der Waals surface area contributed by atoms with Crippen molar-refractivity contribution in [2.24, 2.45) is 16.8 Å². The van der Waals surface area contributed by atoms with Crippen LogP contribution in [-0.2, 0) is 11.3 Å². The Balaban J connectivity index is 1.62. The maximum atomic E-state index is 8.68. The zero-order valence-corrected chi connectivity index (χ0v) is 12.5. The van der Waals surface area contributed by atoms with Gasteiger partial charge in [0.1, 0.15) is 0 Å². The first kappa shape index (κ1) is 14.6. The van der Waals surface area contributed by atoms with Crippen molar-refractivity contribution in [1.29, 1.82) is 0 Å². The molecular weight excluding hydrogens is 290 g/mol. The number of oxime groups is 1. The van der Waals surface area contributed by atoms with Gasteiger partial charge in [-0.05, 0) is 36.8 Å². The van der Waals surface area contributed by atoms with E-state index in [0.717, 1.165) is 24.5 Å². The molecule has 1 aromatic carbocycles. The standard InChI is InChI=1S/C15H20ClN3O2/c16-12-7-10(15(17)19-20)3-4-11(12)8-18-13-5-6-21-14(13)9-1-2-9/h3-4,7,9,13-14,18,20H,1-2,5-6,8H2,(H2,17,19). The van der Waals surface area contributed by atoms with Crippen LogP contribution in [0.25, 0.3) is 0 Å². The van der Waals surface area contributed by atoms with Gasteiger partial charge in [-0.25, -0.2) is 0 Å². The van der Waals surface area contributed by atoms with E-state index in [1.54, 1.807) is 6.07 Å². The van der Waals surface area contributed by atoms with Gasteiger partial charge in [-0.2, -0.15) is 0 Å². The minimum atomic E-state index is 0.0643. The Labute approximate surface area is 129 Å². The molecule has 1 heterocycles. The highest BCUT2D eigenvalue weighted by atomic mass is 35.5. The molecule has 0 aromatic heterocycles. The average Bonchev–Trinajstić information content (AvgIpc) is 3.24. The lowest BCUT2D eigenvalue weighted by atomic mass is 10.1. The van der Waals surface area contributed by atoms with Crippen LogP contribution >= 0.6 is 11.6 Å². The van der Waals surface area contributed by atoms with Crippen molar-refractivity contribution in [1.82, 2.24) is 5.32 Å². The molecule has 1 aliphatic heterocycles. The Kier molecular flexibility index (Phi) is 4.33. The van der Waals surface area contributed by atoms with Crippen LogP contribution in [0.5, 0.6) is 0 Å². The van der Waals surface area contributed by atoms with Crippen LogP contribution in [0.2, 0.25) is 5.02 Å². The van der Waals surface area contributed by atoms with E-state index in [1.807, 2.05) is 12.1 Å². The highest BCUT2D eigenvalue weighted by molar-refractivity contribution is 6.31. The lowest BCUT2D eigenvalue weighted by molar-refractivity contribution is 0.0809. The van der Waals surface area contributed by atoms with E-state index >= 15 is 0 Å². The number of amidine groups is 1. The van der Waals surface area contributed by atoms with Gasteiger partial charge in [-0.15, -0.1) is 0 Å². The maximum absolute atomic E-state index is 8.68. The third-order valence-electron chi connectivity index (χ3n) is 4.23. The van der Waals surface area contributed by atoms with Crippen LogP contribution in [0.15, 0.2) is 23.4 Å². The van der Waals surface area contributed by atoms with Crippen LogP contribution in [-0.4, -0.2) is 29.8 Å². The van der Waals surface area contributed by atoms with Crippen LogP contribution in [0.3, 0.4) is 0 Å². The summed E-state index contributed by atoms with van der Waals surface area (Å²) < 4.78 is 5.82. The third-order valence-corrected chi connectivity index (χ3v) is 4.59. The van der Waals surface area contributed by atoms with E-state index in [4.69, 9.17) is 27.3 Å². The summed E-state index contributed by atoms with van der Waals surface area (Å²) in [7, 11) is 0. The first-order chi connectivity index (χ1) is 10.2. The minimum absolute atomic E-state index is 0.0643. The molecular formula is C15H20ClN3O2. The van der Waals surface area contributed by atoms with Gasteiger partial charge in [-0.1, -0.05) is 28.9 Å². The summed E-state index contributed by atoms with van der Waals surface area (Å²) in [4.78, 5) is 0. The summed E-state index contributed by atoms with van der Waals surface area (Å²) in [5, 5.41) is 15.8. The summed E-state index contributed by atoms with van der Waals surface area (Å²) in [6.45, 7) is 1.54. The van der Waals surface area contributed by atoms with Crippen molar-refractivity contribution >= 4 is 17.4 Å². The van der Waals surface area contributed by atoms with Gasteiger partial charge in [0.25, 0.3) is 0 Å². The molecule has 4 N–H and O–H groups in total. The molecule has 0 bridgehead atoms. The number of benzene rings is 1. The molecule has 6 heteroatoms. The fourth-order valence-corrected chi connectivity index (χ4v) is 3.12. The molecule has 2 aliphatic rings. The number of halogens is 1. The summed E-state index contributed by atoms with van der Waals surface area (Å²) in [5.41, 5.74) is 7.18. The monoisotopic (exact) mass is 309 g/mol. The molecule has 2 atom stereocenters. The molecule has 1 saturated carbocycles. The number of rotatable bonds is 5. The second-order valence-corrected chi connectivity index (χ2v) is 6.15. The van der Waals surface area contributed by atoms with Gasteiger partial charge in [-0.3, -0.25) is 0 Å². The van der Waals surface area contributed by atoms with Crippen molar-refractivity contribution in [3.05, 3.63) is 34.3 Å². The first-order valence-electron chi connectivity index (χ1n) is 7.30. The van der Waals surface area contributed by atoms with Gasteiger partial charge in [0.05, 0.1) is 6.10 Å². The Bertz CT molecular complexity index is 546. The zero-order valence-electron chi connectivity index (χ0n) is 11.8. The Hall–Kier alpha value is -1.30. The molecule has 0 radical (unpaired) electrons. The Morgan fingerprint density at radius 2 is 2.24 bits per heavy atom. The lowest BCUT2D eigenvalue weighted by Gasteiger charge is -2.20. The molecule has 1 aromatic rings. The largest absolute Gasteiger partial charge is 0.409 e. The van der Waals surface area contributed by atoms with E-state index in [2.05, 4.69) is 10.5 Å². The van der Waals surface area contributed by atoms with Gasteiger partial charge in [0.2, 0.25) is 0 Å². The number of ether oxygens (including phenoxy) is 1. The number of nitrogens with two attached hydrogens (primary N) is 1. The molecule has 5 nitrogen and oxygen atoms in total. The second kappa shape index (κ2) is 6.22. The molecule has 2 fully saturated rings. The highest BCUT2D eigenvalue weighted by Gasteiger charge is 2.40. The lowest BCUT2D eigenvalue weighted by Crippen LogP contribution is -2.37. The van der Waals surface area contributed by atoms with Gasteiger partial charge >= 0.3 is 0 Å². The smallest absolute Gasteiger partial charge is 0.170 e. The van der Waals surface area contributed by atoms with Crippen molar-refractivity contribution in [2.75, 3.05) is 6.61 Å². The van der Waals surface area contributed by atoms with Crippen LogP contribution in [0.4, 0.5) is 0 Å². The SMILES string of the molecule is N/C(=N/O)c1ccc(CNC2CCOC2C2CC2)c(Cl)c1. The van der Waals surface area contributed by atoms with Crippen LogP contribution in [0.1, 0.15) is 30.4 Å². The topological polar surface area (TPSA) is 79.9 Å². The molecule has 3 rings (SSSR count). The van der Waals surface area contributed by atoms with E-state index in [0.29, 0.717) is 29.3 Å². The molecule has 114 valence electrons. The predicted molar refractivity (Wildman–Crippen MR) is 81.7 cm³/mol. The first-order valence-corrected chi connectivity index (χ1v) is 7.68. The maximum Gasteiger partial charge on any atom is 0.170 e. The Morgan fingerprint density at radius 3 is 2.90 bits per heavy atom. The van der Waals surface area contributed by atoms with Crippen molar-refractivity contribution < 1.29 is 9.94 Å². The molecule has 1 saturated heterocycles.